The van der Waals surface area contributed by atoms with Gasteiger partial charge >= 0.3 is 0 Å². The fraction of sp³-hybridized carbons (Fsp3) is 0.176. The SMILES string of the molecule is CNS(=O)(=O)c1cccc(C(=O)N(C)Cc2nc3ccccc3s2)c1. The van der Waals surface area contributed by atoms with E-state index in [2.05, 4.69) is 9.71 Å². The van der Waals surface area contributed by atoms with Crippen LogP contribution in [0.4, 0.5) is 0 Å². The number of hydrogen-bond donors (Lipinski definition) is 1. The smallest absolute Gasteiger partial charge is 0.254 e. The molecule has 1 aromatic heterocycles. The van der Waals surface area contributed by atoms with E-state index in [4.69, 9.17) is 0 Å². The molecule has 0 aliphatic rings. The third-order valence-corrected chi connectivity index (χ3v) is 6.15. The molecule has 0 aliphatic heterocycles. The molecule has 0 aliphatic carbocycles. The predicted molar refractivity (Wildman–Crippen MR) is 98.1 cm³/mol. The molecule has 3 rings (SSSR count). The van der Waals surface area contributed by atoms with Crippen LogP contribution in [0.15, 0.2) is 53.4 Å². The number of nitrogens with one attached hydrogen (secondary N) is 1. The quantitative estimate of drug-likeness (QED) is 0.743. The summed E-state index contributed by atoms with van der Waals surface area (Å²) in [5.74, 6) is -0.257. The lowest BCUT2D eigenvalue weighted by atomic mass is 10.2. The maximum Gasteiger partial charge on any atom is 0.254 e. The van der Waals surface area contributed by atoms with Crippen LogP contribution in [0.2, 0.25) is 0 Å². The summed E-state index contributed by atoms with van der Waals surface area (Å²) in [6.45, 7) is 0.362. The van der Waals surface area contributed by atoms with Gasteiger partial charge in [-0.1, -0.05) is 18.2 Å². The number of para-hydroxylation sites is 1. The number of thiazole rings is 1. The molecule has 1 heterocycles. The zero-order valence-corrected chi connectivity index (χ0v) is 15.4. The lowest BCUT2D eigenvalue weighted by Gasteiger charge is -2.16. The van der Waals surface area contributed by atoms with E-state index >= 15 is 0 Å². The van der Waals surface area contributed by atoms with Crippen LogP contribution in [0.1, 0.15) is 15.4 Å². The first-order valence-corrected chi connectivity index (χ1v) is 9.84. The Bertz CT molecular complexity index is 995. The van der Waals surface area contributed by atoms with Crippen LogP contribution < -0.4 is 4.72 Å². The van der Waals surface area contributed by atoms with E-state index in [-0.39, 0.29) is 10.8 Å². The van der Waals surface area contributed by atoms with Crippen LogP contribution in [0.3, 0.4) is 0 Å². The highest BCUT2D eigenvalue weighted by molar-refractivity contribution is 7.89. The van der Waals surface area contributed by atoms with Crippen molar-refractivity contribution in [1.82, 2.24) is 14.6 Å². The van der Waals surface area contributed by atoms with Gasteiger partial charge in [0, 0.05) is 12.6 Å². The number of rotatable bonds is 5. The van der Waals surface area contributed by atoms with Crippen molar-refractivity contribution >= 4 is 37.5 Å². The second-order valence-electron chi connectivity index (χ2n) is 5.47. The second-order valence-corrected chi connectivity index (χ2v) is 8.47. The van der Waals surface area contributed by atoms with Crippen molar-refractivity contribution in [3.8, 4) is 0 Å². The Morgan fingerprint density at radius 2 is 1.96 bits per heavy atom. The molecule has 0 saturated heterocycles. The average molecular weight is 375 g/mol. The van der Waals surface area contributed by atoms with E-state index in [9.17, 15) is 13.2 Å². The number of hydrogen-bond acceptors (Lipinski definition) is 5. The number of fused-ring (bicyclic) bond motifs is 1. The summed E-state index contributed by atoms with van der Waals surface area (Å²) >= 11 is 1.54. The largest absolute Gasteiger partial charge is 0.335 e. The van der Waals surface area contributed by atoms with Crippen molar-refractivity contribution in [2.45, 2.75) is 11.4 Å². The fourth-order valence-electron chi connectivity index (χ4n) is 2.40. The molecule has 1 amide bonds. The molecule has 8 heteroatoms. The lowest BCUT2D eigenvalue weighted by molar-refractivity contribution is 0.0785. The van der Waals surface area contributed by atoms with Gasteiger partial charge in [-0.15, -0.1) is 11.3 Å². The predicted octanol–water partition coefficient (Wildman–Crippen LogP) is 2.48. The third-order valence-electron chi connectivity index (χ3n) is 3.72. The maximum absolute atomic E-state index is 12.6. The zero-order chi connectivity index (χ0) is 18.0. The fourth-order valence-corrected chi connectivity index (χ4v) is 4.19. The molecule has 130 valence electrons. The average Bonchev–Trinajstić information content (AvgIpc) is 3.03. The molecule has 0 unspecified atom stereocenters. The normalized spacial score (nSPS) is 11.6. The molecule has 6 nitrogen and oxygen atoms in total. The van der Waals surface area contributed by atoms with E-state index in [1.807, 2.05) is 24.3 Å². The molecule has 0 bridgehead atoms. The van der Waals surface area contributed by atoms with Gasteiger partial charge in [-0.3, -0.25) is 4.79 Å². The number of carbonyl (C=O) groups is 1. The van der Waals surface area contributed by atoms with Crippen LogP contribution in [-0.2, 0) is 16.6 Å². The molecule has 0 atom stereocenters. The molecule has 25 heavy (non-hydrogen) atoms. The Morgan fingerprint density at radius 3 is 2.68 bits per heavy atom. The summed E-state index contributed by atoms with van der Waals surface area (Å²) in [6.07, 6.45) is 0. The molecular weight excluding hydrogens is 358 g/mol. The Balaban J connectivity index is 1.81. The maximum atomic E-state index is 12.6. The highest BCUT2D eigenvalue weighted by Gasteiger charge is 2.18. The van der Waals surface area contributed by atoms with Gasteiger partial charge in [0.15, 0.2) is 0 Å². The van der Waals surface area contributed by atoms with Crippen molar-refractivity contribution in [1.29, 1.82) is 0 Å². The minimum Gasteiger partial charge on any atom is -0.335 e. The topological polar surface area (TPSA) is 79.4 Å². The number of carbonyl (C=O) groups excluding carboxylic acids is 1. The van der Waals surface area contributed by atoms with Gasteiger partial charge in [0.05, 0.1) is 21.7 Å². The number of nitrogens with zero attached hydrogens (tertiary/aromatic N) is 2. The molecular formula is C17H17N3O3S2. The van der Waals surface area contributed by atoms with Crippen molar-refractivity contribution in [3.05, 3.63) is 59.1 Å². The van der Waals surface area contributed by atoms with Gasteiger partial charge in [0.25, 0.3) is 5.91 Å². The molecule has 0 spiro atoms. The first-order valence-electron chi connectivity index (χ1n) is 7.54. The van der Waals surface area contributed by atoms with E-state index in [0.717, 1.165) is 15.2 Å². The van der Waals surface area contributed by atoms with E-state index in [0.29, 0.717) is 12.1 Å². The summed E-state index contributed by atoms with van der Waals surface area (Å²) in [5.41, 5.74) is 1.23. The van der Waals surface area contributed by atoms with Gasteiger partial charge in [0.2, 0.25) is 10.0 Å². The van der Waals surface area contributed by atoms with Crippen LogP contribution in [0.5, 0.6) is 0 Å². The molecule has 2 aromatic carbocycles. The van der Waals surface area contributed by atoms with E-state index in [1.165, 1.54) is 35.4 Å². The minimum absolute atomic E-state index is 0.0641. The van der Waals surface area contributed by atoms with E-state index in [1.54, 1.807) is 19.2 Å². The Kier molecular flexibility index (Phi) is 4.85. The third kappa shape index (κ3) is 3.71. The summed E-state index contributed by atoms with van der Waals surface area (Å²) in [6, 6.07) is 13.8. The number of sulfonamides is 1. The number of benzene rings is 2. The minimum atomic E-state index is -3.59. The molecule has 0 fully saturated rings. The highest BCUT2D eigenvalue weighted by atomic mass is 32.2. The monoisotopic (exact) mass is 375 g/mol. The van der Waals surface area contributed by atoms with Crippen LogP contribution in [0.25, 0.3) is 10.2 Å². The van der Waals surface area contributed by atoms with Crippen LogP contribution in [0, 0.1) is 0 Å². The Morgan fingerprint density at radius 1 is 1.20 bits per heavy atom. The lowest BCUT2D eigenvalue weighted by Crippen LogP contribution is -2.26. The highest BCUT2D eigenvalue weighted by Crippen LogP contribution is 2.23. The Hall–Kier alpha value is -2.29. The summed E-state index contributed by atoms with van der Waals surface area (Å²) in [4.78, 5) is 18.7. The van der Waals surface area contributed by atoms with Crippen LogP contribution >= 0.6 is 11.3 Å². The van der Waals surface area contributed by atoms with Gasteiger partial charge in [-0.2, -0.15) is 0 Å². The molecule has 0 saturated carbocycles. The van der Waals surface area contributed by atoms with Crippen molar-refractivity contribution in [2.75, 3.05) is 14.1 Å². The van der Waals surface area contributed by atoms with Gasteiger partial charge in [-0.05, 0) is 37.4 Å². The zero-order valence-electron chi connectivity index (χ0n) is 13.8. The van der Waals surface area contributed by atoms with Crippen LogP contribution in [-0.4, -0.2) is 38.3 Å². The summed E-state index contributed by atoms with van der Waals surface area (Å²) < 4.78 is 27.1. The number of amides is 1. The first kappa shape index (κ1) is 17.5. The summed E-state index contributed by atoms with van der Waals surface area (Å²) in [7, 11) is -0.577. The molecule has 0 radical (unpaired) electrons. The van der Waals surface area contributed by atoms with Crippen molar-refractivity contribution in [2.24, 2.45) is 0 Å². The summed E-state index contributed by atoms with van der Waals surface area (Å²) in [5, 5.41) is 0.830. The van der Waals surface area contributed by atoms with E-state index < -0.39 is 10.0 Å². The van der Waals surface area contributed by atoms with Crippen molar-refractivity contribution < 1.29 is 13.2 Å². The van der Waals surface area contributed by atoms with Gasteiger partial charge in [-0.25, -0.2) is 18.1 Å². The first-order chi connectivity index (χ1) is 11.9. The standard InChI is InChI=1S/C17H17N3O3S2/c1-18-25(22,23)13-7-5-6-12(10-13)17(21)20(2)11-16-19-14-8-3-4-9-15(14)24-16/h3-10,18H,11H2,1-2H3. The van der Waals surface area contributed by atoms with Gasteiger partial charge < -0.3 is 4.90 Å². The Labute approximate surface area is 150 Å². The molecule has 1 N–H and O–H groups in total. The second kappa shape index (κ2) is 6.91. The van der Waals surface area contributed by atoms with Gasteiger partial charge in [0.1, 0.15) is 5.01 Å². The number of aromatic nitrogens is 1. The molecule has 3 aromatic rings. The van der Waals surface area contributed by atoms with Crippen molar-refractivity contribution in [3.63, 3.8) is 0 Å².